The van der Waals surface area contributed by atoms with Gasteiger partial charge in [-0.15, -0.1) is 0 Å². The van der Waals surface area contributed by atoms with Crippen molar-refractivity contribution in [3.63, 3.8) is 0 Å². The van der Waals surface area contributed by atoms with Gasteiger partial charge >= 0.3 is 0 Å². The molecule has 0 bridgehead atoms. The zero-order valence-electron chi connectivity index (χ0n) is 17.8. The monoisotopic (exact) mass is 368 g/mol. The SMILES string of the molecule is CC.CC.[B]C1(C)C=Cc2c3c(c4ccccc4c2O1)-c1ccccc1C3C. The van der Waals surface area contributed by atoms with Gasteiger partial charge in [-0.2, -0.15) is 0 Å². The molecule has 1 aliphatic carbocycles. The summed E-state index contributed by atoms with van der Waals surface area (Å²) in [7, 11) is 6.24. The molecule has 2 atom stereocenters. The summed E-state index contributed by atoms with van der Waals surface area (Å²) < 4.78 is 6.20. The molecule has 2 radical (unpaired) electrons. The fraction of sp³-hybridized carbons (Fsp3) is 0.308. The largest absolute Gasteiger partial charge is 0.492 e. The van der Waals surface area contributed by atoms with Crippen molar-refractivity contribution in [1.82, 2.24) is 0 Å². The van der Waals surface area contributed by atoms with E-state index in [1.807, 2.05) is 40.7 Å². The zero-order valence-corrected chi connectivity index (χ0v) is 17.8. The van der Waals surface area contributed by atoms with Crippen molar-refractivity contribution in [2.45, 2.75) is 53.0 Å². The number of fused-ring (bicyclic) bond motifs is 8. The van der Waals surface area contributed by atoms with Crippen LogP contribution in [0, 0.1) is 0 Å². The van der Waals surface area contributed by atoms with E-state index in [0.29, 0.717) is 5.92 Å². The Morgan fingerprint density at radius 3 is 2.21 bits per heavy atom. The highest BCUT2D eigenvalue weighted by molar-refractivity contribution is 6.17. The van der Waals surface area contributed by atoms with Gasteiger partial charge in [-0.25, -0.2) is 0 Å². The fourth-order valence-electron chi connectivity index (χ4n) is 4.22. The Labute approximate surface area is 170 Å². The molecule has 3 aromatic carbocycles. The van der Waals surface area contributed by atoms with Crippen molar-refractivity contribution in [1.29, 1.82) is 0 Å². The fourth-order valence-corrected chi connectivity index (χ4v) is 4.22. The van der Waals surface area contributed by atoms with Crippen LogP contribution in [0.3, 0.4) is 0 Å². The van der Waals surface area contributed by atoms with E-state index in [1.54, 1.807) is 0 Å². The topological polar surface area (TPSA) is 9.23 Å². The second-order valence-electron chi connectivity index (χ2n) is 7.01. The second-order valence-corrected chi connectivity index (χ2v) is 7.01. The van der Waals surface area contributed by atoms with Gasteiger partial charge in [-0.3, -0.25) is 0 Å². The minimum Gasteiger partial charge on any atom is -0.492 e. The molecule has 0 amide bonds. The van der Waals surface area contributed by atoms with Gasteiger partial charge in [0.1, 0.15) is 13.6 Å². The van der Waals surface area contributed by atoms with Crippen molar-refractivity contribution < 1.29 is 4.74 Å². The van der Waals surface area contributed by atoms with Crippen molar-refractivity contribution in [2.75, 3.05) is 0 Å². The molecule has 2 unspecified atom stereocenters. The van der Waals surface area contributed by atoms with Crippen molar-refractivity contribution in [3.05, 3.63) is 71.3 Å². The minimum atomic E-state index is -0.765. The van der Waals surface area contributed by atoms with Crippen LogP contribution in [-0.4, -0.2) is 13.3 Å². The van der Waals surface area contributed by atoms with Crippen LogP contribution in [0.15, 0.2) is 54.6 Å². The number of rotatable bonds is 0. The summed E-state index contributed by atoms with van der Waals surface area (Å²) in [6, 6.07) is 17.2. The summed E-state index contributed by atoms with van der Waals surface area (Å²) >= 11 is 0. The number of hydrogen-bond donors (Lipinski definition) is 0. The third-order valence-corrected chi connectivity index (χ3v) is 5.28. The normalized spacial score (nSPS) is 20.6. The van der Waals surface area contributed by atoms with E-state index in [4.69, 9.17) is 12.6 Å². The molecule has 0 aromatic heterocycles. The zero-order chi connectivity index (χ0) is 20.5. The van der Waals surface area contributed by atoms with Crippen molar-refractivity contribution in [2.24, 2.45) is 0 Å². The van der Waals surface area contributed by atoms with E-state index in [2.05, 4.69) is 61.5 Å². The Hall–Kier alpha value is -2.48. The predicted molar refractivity (Wildman–Crippen MR) is 123 cm³/mol. The average molecular weight is 368 g/mol. The van der Waals surface area contributed by atoms with E-state index < -0.39 is 5.50 Å². The molecule has 2 heteroatoms. The highest BCUT2D eigenvalue weighted by Crippen LogP contribution is 2.54. The summed E-state index contributed by atoms with van der Waals surface area (Å²) in [4.78, 5) is 0. The molecule has 1 nitrogen and oxygen atoms in total. The Bertz CT molecular complexity index is 1030. The first-order chi connectivity index (χ1) is 13.6. The van der Waals surface area contributed by atoms with Crippen LogP contribution in [0.2, 0.25) is 0 Å². The van der Waals surface area contributed by atoms with Gasteiger partial charge in [-0.05, 0) is 34.6 Å². The third kappa shape index (κ3) is 3.05. The number of ether oxygens (including phenoxy) is 1. The summed E-state index contributed by atoms with van der Waals surface area (Å²) in [6.45, 7) is 12.2. The first-order valence-corrected chi connectivity index (χ1v) is 10.4. The second kappa shape index (κ2) is 7.87. The molecule has 3 aromatic rings. The Kier molecular flexibility index (Phi) is 5.70. The smallest absolute Gasteiger partial charge is 0.137 e. The maximum absolute atomic E-state index is 6.24. The minimum absolute atomic E-state index is 0.352. The molecular formula is C26H29BO. The molecular weight excluding hydrogens is 339 g/mol. The van der Waals surface area contributed by atoms with Gasteiger partial charge in [0, 0.05) is 16.9 Å². The summed E-state index contributed by atoms with van der Waals surface area (Å²) in [5.74, 6) is 1.27. The molecule has 1 heterocycles. The Balaban J connectivity index is 0.000000531. The van der Waals surface area contributed by atoms with Gasteiger partial charge in [0.15, 0.2) is 0 Å². The van der Waals surface area contributed by atoms with Crippen LogP contribution >= 0.6 is 0 Å². The Morgan fingerprint density at radius 2 is 1.50 bits per heavy atom. The van der Waals surface area contributed by atoms with Crippen molar-refractivity contribution >= 4 is 24.7 Å². The molecule has 142 valence electrons. The molecule has 0 N–H and O–H groups in total. The lowest BCUT2D eigenvalue weighted by Crippen LogP contribution is -2.32. The van der Waals surface area contributed by atoms with Crippen LogP contribution in [0.25, 0.3) is 28.0 Å². The van der Waals surface area contributed by atoms with Crippen molar-refractivity contribution in [3.8, 4) is 16.9 Å². The van der Waals surface area contributed by atoms with Crippen LogP contribution in [0.1, 0.15) is 64.2 Å². The first kappa shape index (κ1) is 20.3. The first-order valence-electron chi connectivity index (χ1n) is 10.4. The third-order valence-electron chi connectivity index (χ3n) is 5.28. The predicted octanol–water partition coefficient (Wildman–Crippen LogP) is 7.31. The molecule has 0 saturated heterocycles. The molecule has 1 aliphatic heterocycles. The van der Waals surface area contributed by atoms with Crippen LogP contribution in [0.4, 0.5) is 0 Å². The summed E-state index contributed by atoms with van der Waals surface area (Å²) in [6.07, 6.45) is 4.10. The van der Waals surface area contributed by atoms with Gasteiger partial charge in [-0.1, -0.05) is 95.3 Å². The van der Waals surface area contributed by atoms with Gasteiger partial charge < -0.3 is 4.74 Å². The average Bonchev–Trinajstić information content (AvgIpc) is 3.04. The lowest BCUT2D eigenvalue weighted by Gasteiger charge is -2.31. The van der Waals surface area contributed by atoms with Crippen LogP contribution in [-0.2, 0) is 0 Å². The molecule has 28 heavy (non-hydrogen) atoms. The van der Waals surface area contributed by atoms with Crippen LogP contribution < -0.4 is 4.74 Å². The standard InChI is InChI=1S/C22H17BO.2C2H6/c1-13-14-7-3-4-8-15(14)20-16-9-5-6-10-17(16)21-18(19(13)20)11-12-22(2,23)24-21;2*1-2/h3-13H,1-2H3;2*1-2H3. The number of benzene rings is 3. The van der Waals surface area contributed by atoms with E-state index >= 15 is 0 Å². The summed E-state index contributed by atoms with van der Waals surface area (Å²) in [5, 5.41) is 2.38. The van der Waals surface area contributed by atoms with Gasteiger partial charge in [0.25, 0.3) is 0 Å². The summed E-state index contributed by atoms with van der Waals surface area (Å²) in [5.41, 5.74) is 5.85. The quantitative estimate of drug-likeness (QED) is 0.378. The van der Waals surface area contributed by atoms with Gasteiger partial charge in [0.05, 0.1) is 5.50 Å². The maximum Gasteiger partial charge on any atom is 0.137 e. The van der Waals surface area contributed by atoms with E-state index in [-0.39, 0.29) is 0 Å². The molecule has 2 aliphatic rings. The van der Waals surface area contributed by atoms with E-state index in [1.165, 1.54) is 33.2 Å². The van der Waals surface area contributed by atoms with Crippen LogP contribution in [0.5, 0.6) is 5.75 Å². The lowest BCUT2D eigenvalue weighted by molar-refractivity contribution is 0.227. The molecule has 5 rings (SSSR count). The van der Waals surface area contributed by atoms with E-state index in [9.17, 15) is 0 Å². The van der Waals surface area contributed by atoms with Gasteiger partial charge in [0.2, 0.25) is 0 Å². The molecule has 0 saturated carbocycles. The highest BCUT2D eigenvalue weighted by atomic mass is 16.5. The lowest BCUT2D eigenvalue weighted by atomic mass is 9.79. The molecule has 0 spiro atoms. The Morgan fingerprint density at radius 1 is 0.893 bits per heavy atom. The van der Waals surface area contributed by atoms with E-state index in [0.717, 1.165) is 11.1 Å². The molecule has 0 fully saturated rings. The number of hydrogen-bond acceptors (Lipinski definition) is 1. The highest BCUT2D eigenvalue weighted by Gasteiger charge is 2.34. The maximum atomic E-state index is 6.24.